The Morgan fingerprint density at radius 3 is 2.26 bits per heavy atom. The van der Waals surface area contributed by atoms with E-state index in [2.05, 4.69) is 10.6 Å². The highest BCUT2D eigenvalue weighted by atomic mass is 32.2. The maximum atomic E-state index is 13.1. The first-order chi connectivity index (χ1) is 18.6. The number of hydrogen-bond acceptors (Lipinski definition) is 9. The van der Waals surface area contributed by atoms with Crippen LogP contribution in [0.15, 0.2) is 29.2 Å². The molecule has 0 unspecified atom stereocenters. The van der Waals surface area contributed by atoms with Crippen LogP contribution in [0.1, 0.15) is 57.8 Å². The SMILES string of the molecule is CCOC(=O)NC(=O)c1c(NC(=O)c2ccc(S(=O)(=O)N3CCCC3)cc2)sc2c1CCN(C(=O)OCC)C2. The van der Waals surface area contributed by atoms with Gasteiger partial charge in [-0.25, -0.2) is 18.0 Å². The lowest BCUT2D eigenvalue weighted by molar-refractivity contribution is 0.0924. The van der Waals surface area contributed by atoms with Crippen molar-refractivity contribution in [1.29, 1.82) is 0 Å². The molecule has 0 atom stereocenters. The van der Waals surface area contributed by atoms with E-state index in [0.717, 1.165) is 24.2 Å². The third kappa shape index (κ3) is 6.23. The monoisotopic (exact) mass is 578 g/mol. The molecule has 1 fully saturated rings. The zero-order chi connectivity index (χ0) is 28.2. The van der Waals surface area contributed by atoms with Crippen LogP contribution in [-0.4, -0.2) is 74.5 Å². The second kappa shape index (κ2) is 12.1. The van der Waals surface area contributed by atoms with Gasteiger partial charge in [-0.15, -0.1) is 11.3 Å². The van der Waals surface area contributed by atoms with Gasteiger partial charge in [0.2, 0.25) is 10.0 Å². The van der Waals surface area contributed by atoms with Crippen LogP contribution in [0.3, 0.4) is 0 Å². The molecule has 4 rings (SSSR count). The number of fused-ring (bicyclic) bond motifs is 1. The van der Waals surface area contributed by atoms with Gasteiger partial charge >= 0.3 is 12.2 Å². The third-order valence-electron chi connectivity index (χ3n) is 6.35. The van der Waals surface area contributed by atoms with Crippen molar-refractivity contribution in [2.45, 2.75) is 44.6 Å². The standard InChI is InChI=1S/C25H30N4O8S2/c1-3-36-24(32)27-22(31)20-18-11-14-28(25(33)37-4-2)15-19(18)38-23(20)26-21(30)16-7-9-17(10-8-16)39(34,35)29-12-5-6-13-29/h7-10H,3-6,11-15H2,1-2H3,(H,26,30)(H,27,31,32). The molecule has 14 heteroatoms. The van der Waals surface area contributed by atoms with Crippen LogP contribution in [0.4, 0.5) is 14.6 Å². The van der Waals surface area contributed by atoms with Crippen molar-refractivity contribution in [3.05, 3.63) is 45.8 Å². The van der Waals surface area contributed by atoms with E-state index >= 15 is 0 Å². The Balaban J connectivity index is 1.58. The largest absolute Gasteiger partial charge is 0.450 e. The molecule has 1 saturated heterocycles. The van der Waals surface area contributed by atoms with Crippen molar-refractivity contribution < 1.29 is 37.1 Å². The molecule has 0 aliphatic carbocycles. The van der Waals surface area contributed by atoms with E-state index in [-0.39, 0.29) is 40.8 Å². The maximum Gasteiger partial charge on any atom is 0.414 e. The third-order valence-corrected chi connectivity index (χ3v) is 9.39. The van der Waals surface area contributed by atoms with Crippen molar-refractivity contribution in [3.63, 3.8) is 0 Å². The van der Waals surface area contributed by atoms with Gasteiger partial charge in [-0.2, -0.15) is 4.31 Å². The number of thiophene rings is 1. The molecule has 210 valence electrons. The summed E-state index contributed by atoms with van der Waals surface area (Å²) in [6, 6.07) is 5.58. The van der Waals surface area contributed by atoms with E-state index in [0.29, 0.717) is 36.5 Å². The van der Waals surface area contributed by atoms with E-state index in [1.807, 2.05) is 0 Å². The number of amides is 4. The average Bonchev–Trinajstić information content (AvgIpc) is 3.57. The summed E-state index contributed by atoms with van der Waals surface area (Å²) < 4.78 is 36.9. The van der Waals surface area contributed by atoms with E-state index < -0.39 is 34.0 Å². The lowest BCUT2D eigenvalue weighted by atomic mass is 10.0. The number of carbonyl (C=O) groups is 4. The fourth-order valence-corrected chi connectivity index (χ4v) is 7.23. The Labute approximate surface area is 230 Å². The number of imide groups is 1. The minimum atomic E-state index is -3.63. The Morgan fingerprint density at radius 2 is 1.62 bits per heavy atom. The maximum absolute atomic E-state index is 13.1. The highest BCUT2D eigenvalue weighted by molar-refractivity contribution is 7.89. The highest BCUT2D eigenvalue weighted by Gasteiger charge is 2.32. The van der Waals surface area contributed by atoms with Gasteiger partial charge in [0.1, 0.15) is 5.00 Å². The van der Waals surface area contributed by atoms with Crippen molar-refractivity contribution in [2.75, 3.05) is 38.2 Å². The van der Waals surface area contributed by atoms with Crippen molar-refractivity contribution >= 4 is 50.4 Å². The van der Waals surface area contributed by atoms with E-state index in [9.17, 15) is 27.6 Å². The average molecular weight is 579 g/mol. The first-order valence-corrected chi connectivity index (χ1v) is 14.9. The molecule has 0 radical (unpaired) electrons. The minimum absolute atomic E-state index is 0.0719. The Hall–Kier alpha value is -3.49. The van der Waals surface area contributed by atoms with Gasteiger partial charge in [-0.1, -0.05) is 0 Å². The van der Waals surface area contributed by atoms with Crippen LogP contribution >= 0.6 is 11.3 Å². The number of hydrogen-bond donors (Lipinski definition) is 2. The zero-order valence-electron chi connectivity index (χ0n) is 21.7. The normalized spacial score (nSPS) is 15.4. The number of alkyl carbamates (subject to hydrolysis) is 1. The summed E-state index contributed by atoms with van der Waals surface area (Å²) in [7, 11) is -3.63. The summed E-state index contributed by atoms with van der Waals surface area (Å²) in [5, 5.41) is 5.10. The molecule has 3 heterocycles. The van der Waals surface area contributed by atoms with Crippen molar-refractivity contribution in [2.24, 2.45) is 0 Å². The smallest absolute Gasteiger partial charge is 0.414 e. The molecule has 0 bridgehead atoms. The van der Waals surface area contributed by atoms with Gasteiger partial charge < -0.3 is 19.7 Å². The van der Waals surface area contributed by atoms with Crippen LogP contribution in [0.25, 0.3) is 0 Å². The number of rotatable bonds is 7. The number of ether oxygens (including phenoxy) is 2. The first-order valence-electron chi connectivity index (χ1n) is 12.6. The predicted octanol–water partition coefficient (Wildman–Crippen LogP) is 3.19. The molecular formula is C25H30N4O8S2. The summed E-state index contributed by atoms with van der Waals surface area (Å²) in [6.45, 7) is 5.02. The fraction of sp³-hybridized carbons (Fsp3) is 0.440. The number of nitrogens with one attached hydrogen (secondary N) is 2. The van der Waals surface area contributed by atoms with Gasteiger partial charge in [0.15, 0.2) is 0 Å². The van der Waals surface area contributed by atoms with Crippen molar-refractivity contribution in [1.82, 2.24) is 14.5 Å². The molecule has 0 spiro atoms. The van der Waals surface area contributed by atoms with Crippen LogP contribution in [0, 0.1) is 0 Å². The summed E-state index contributed by atoms with van der Waals surface area (Å²) in [4.78, 5) is 52.6. The quantitative estimate of drug-likeness (QED) is 0.508. The molecule has 2 aromatic rings. The summed E-state index contributed by atoms with van der Waals surface area (Å²) in [6.07, 6.45) is 0.541. The zero-order valence-corrected chi connectivity index (χ0v) is 23.3. The molecule has 39 heavy (non-hydrogen) atoms. The molecular weight excluding hydrogens is 548 g/mol. The van der Waals surface area contributed by atoms with Gasteiger partial charge in [-0.05, 0) is 62.9 Å². The molecule has 0 saturated carbocycles. The Bertz CT molecular complexity index is 1370. The summed E-state index contributed by atoms with van der Waals surface area (Å²) in [5.41, 5.74) is 0.921. The minimum Gasteiger partial charge on any atom is -0.450 e. The molecule has 4 amide bonds. The number of benzene rings is 1. The molecule has 2 aliphatic rings. The Morgan fingerprint density at radius 1 is 0.949 bits per heavy atom. The lowest BCUT2D eigenvalue weighted by Gasteiger charge is -2.26. The van der Waals surface area contributed by atoms with Crippen LogP contribution in [-0.2, 0) is 32.5 Å². The Kier molecular flexibility index (Phi) is 8.87. The van der Waals surface area contributed by atoms with E-state index in [4.69, 9.17) is 9.47 Å². The highest BCUT2D eigenvalue weighted by Crippen LogP contribution is 2.37. The second-order valence-corrected chi connectivity index (χ2v) is 11.9. The van der Waals surface area contributed by atoms with Crippen LogP contribution in [0.5, 0.6) is 0 Å². The lowest BCUT2D eigenvalue weighted by Crippen LogP contribution is -2.37. The van der Waals surface area contributed by atoms with Gasteiger partial charge in [0.05, 0.1) is 30.2 Å². The van der Waals surface area contributed by atoms with E-state index in [1.54, 1.807) is 13.8 Å². The first kappa shape index (κ1) is 28.5. The fourth-order valence-electron chi connectivity index (χ4n) is 4.46. The molecule has 2 N–H and O–H groups in total. The van der Waals surface area contributed by atoms with Gasteiger partial charge in [0, 0.05) is 30.1 Å². The summed E-state index contributed by atoms with van der Waals surface area (Å²) >= 11 is 1.12. The van der Waals surface area contributed by atoms with Gasteiger partial charge in [-0.3, -0.25) is 14.9 Å². The predicted molar refractivity (Wildman–Crippen MR) is 142 cm³/mol. The van der Waals surface area contributed by atoms with E-state index in [1.165, 1.54) is 33.5 Å². The number of anilines is 1. The topological polar surface area (TPSA) is 151 Å². The van der Waals surface area contributed by atoms with Crippen LogP contribution < -0.4 is 10.6 Å². The molecule has 1 aromatic heterocycles. The second-order valence-electron chi connectivity index (χ2n) is 8.84. The summed E-state index contributed by atoms with van der Waals surface area (Å²) in [5.74, 6) is -1.30. The number of nitrogens with zero attached hydrogens (tertiary/aromatic N) is 2. The van der Waals surface area contributed by atoms with Gasteiger partial charge in [0.25, 0.3) is 11.8 Å². The molecule has 1 aromatic carbocycles. The van der Waals surface area contributed by atoms with Crippen LogP contribution in [0.2, 0.25) is 0 Å². The van der Waals surface area contributed by atoms with Crippen molar-refractivity contribution in [3.8, 4) is 0 Å². The molecule has 2 aliphatic heterocycles. The number of carbonyl (C=O) groups excluding carboxylic acids is 4. The molecule has 12 nitrogen and oxygen atoms in total. The number of sulfonamides is 1.